The summed E-state index contributed by atoms with van der Waals surface area (Å²) in [6.07, 6.45) is -3.19. The molecule has 0 bridgehead atoms. The molecule has 0 aromatic carbocycles. The lowest BCUT2D eigenvalue weighted by atomic mass is 9.84. The molecule has 3 rings (SSSR count). The topological polar surface area (TPSA) is 220 Å². The quantitative estimate of drug-likeness (QED) is 0.135. The number of nitrogens with two attached hydrogens (primary N) is 3. The Morgan fingerprint density at radius 1 is 1.16 bits per heavy atom. The highest BCUT2D eigenvalue weighted by Crippen LogP contribution is 2.30. The van der Waals surface area contributed by atoms with Crippen LogP contribution in [0.3, 0.4) is 0 Å². The second-order valence-corrected chi connectivity index (χ2v) is 8.23. The number of hydrogen-bond donors (Lipinski definition) is 9. The molecule has 1 unspecified atom stereocenters. The first kappa shape index (κ1) is 25.3. The van der Waals surface area contributed by atoms with Crippen LogP contribution in [-0.2, 0) is 18.9 Å². The Balaban J connectivity index is 1.73. The molecule has 0 amide bonds. The van der Waals surface area contributed by atoms with Crippen molar-refractivity contribution in [3.8, 4) is 0 Å². The average Bonchev–Trinajstić information content (AvgIpc) is 2.80. The Bertz CT molecular complexity index is 682. The fraction of sp³-hybridized carbons (Fsp3) is 0.789. The van der Waals surface area contributed by atoms with Crippen molar-refractivity contribution in [3.05, 3.63) is 23.7 Å². The summed E-state index contributed by atoms with van der Waals surface area (Å²) < 4.78 is 23.0. The first-order valence-corrected chi connectivity index (χ1v) is 10.6. The molecule has 13 nitrogen and oxygen atoms in total. The second kappa shape index (κ2) is 11.2. The molecular formula is C19H35N5O8. The van der Waals surface area contributed by atoms with Crippen molar-refractivity contribution >= 4 is 0 Å². The van der Waals surface area contributed by atoms with Crippen LogP contribution in [0.15, 0.2) is 23.7 Å². The normalized spacial score (nSPS) is 44.2. The average molecular weight is 462 g/mol. The second-order valence-electron chi connectivity index (χ2n) is 8.23. The maximum Gasteiger partial charge on any atom is 0.215 e. The highest BCUT2D eigenvalue weighted by molar-refractivity contribution is 5.14. The zero-order valence-electron chi connectivity index (χ0n) is 17.9. The van der Waals surface area contributed by atoms with Gasteiger partial charge in [0, 0.05) is 11.6 Å². The Morgan fingerprint density at radius 3 is 2.50 bits per heavy atom. The number of hydrogen-bond acceptors (Lipinski definition) is 13. The lowest BCUT2D eigenvalue weighted by Gasteiger charge is -2.46. The van der Waals surface area contributed by atoms with Gasteiger partial charge < -0.3 is 62.0 Å². The van der Waals surface area contributed by atoms with Gasteiger partial charge in [-0.2, -0.15) is 5.48 Å². The zero-order valence-corrected chi connectivity index (χ0v) is 17.9. The summed E-state index contributed by atoms with van der Waals surface area (Å²) in [5, 5.41) is 43.5. The highest BCUT2D eigenvalue weighted by atomic mass is 16.7. The van der Waals surface area contributed by atoms with Gasteiger partial charge in [-0.05, 0) is 26.0 Å². The van der Waals surface area contributed by atoms with E-state index in [1.165, 1.54) is 0 Å². The van der Waals surface area contributed by atoms with Gasteiger partial charge in [0.15, 0.2) is 6.29 Å². The lowest BCUT2D eigenvalue weighted by Crippen LogP contribution is -2.66. The standard InChI is InChI=1S/C19H35N5O8/c1-23-13-8(6-25)7-29-19(14(13)26)32-17-12(24-28)4-11(22)16(15(17)27)31-18-10(21)3-2-9(5-20)30-18/h2,6,10-19,23-28H,3-5,7,20-22H2,1H3/b8-6-/t10-,11+,12-,13+,14-,15+,16?,17+,18-,19-/m1/s1. The van der Waals surface area contributed by atoms with Gasteiger partial charge in [-0.15, -0.1) is 0 Å². The molecule has 2 aliphatic heterocycles. The molecule has 2 heterocycles. The molecule has 12 N–H and O–H groups in total. The summed E-state index contributed by atoms with van der Waals surface area (Å²) in [5.41, 5.74) is 20.5. The van der Waals surface area contributed by atoms with E-state index in [-0.39, 0.29) is 19.6 Å². The first-order chi connectivity index (χ1) is 15.3. The predicted molar refractivity (Wildman–Crippen MR) is 111 cm³/mol. The van der Waals surface area contributed by atoms with Crippen molar-refractivity contribution < 1.29 is 39.5 Å². The monoisotopic (exact) mass is 461 g/mol. The zero-order chi connectivity index (χ0) is 23.4. The number of rotatable bonds is 7. The molecule has 184 valence electrons. The molecule has 1 saturated heterocycles. The SMILES string of the molecule is CN[C@H]1/C(=C\O)CO[C@H](O[C@H]2[C@H](NO)C[C@H](N)C(O[C@H]3OC(CN)=CC[C@H]3N)[C@@H]2O)[C@@H]1O. The Labute approximate surface area is 186 Å². The minimum Gasteiger partial charge on any atom is -0.515 e. The van der Waals surface area contributed by atoms with Crippen LogP contribution in [0, 0.1) is 0 Å². The molecule has 32 heavy (non-hydrogen) atoms. The summed E-state index contributed by atoms with van der Waals surface area (Å²) in [5.74, 6) is 0.530. The molecule has 0 spiro atoms. The van der Waals surface area contributed by atoms with Crippen LogP contribution in [0.5, 0.6) is 0 Å². The third-order valence-electron chi connectivity index (χ3n) is 6.11. The van der Waals surface area contributed by atoms with Gasteiger partial charge in [-0.1, -0.05) is 0 Å². The largest absolute Gasteiger partial charge is 0.515 e. The van der Waals surface area contributed by atoms with Crippen molar-refractivity contribution in [1.29, 1.82) is 0 Å². The van der Waals surface area contributed by atoms with Crippen molar-refractivity contribution in [1.82, 2.24) is 10.8 Å². The van der Waals surface area contributed by atoms with Gasteiger partial charge in [0.05, 0.1) is 37.5 Å². The smallest absolute Gasteiger partial charge is 0.215 e. The Kier molecular flexibility index (Phi) is 8.82. The first-order valence-electron chi connectivity index (χ1n) is 10.6. The van der Waals surface area contributed by atoms with E-state index in [4.69, 9.17) is 36.1 Å². The number of aliphatic hydroxyl groups is 3. The number of hydroxylamine groups is 1. The van der Waals surface area contributed by atoms with Gasteiger partial charge in [0.25, 0.3) is 0 Å². The van der Waals surface area contributed by atoms with Gasteiger partial charge in [-0.3, -0.25) is 0 Å². The van der Waals surface area contributed by atoms with Crippen LogP contribution in [0.4, 0.5) is 0 Å². The van der Waals surface area contributed by atoms with Crippen LogP contribution in [-0.4, -0.2) is 102 Å². The van der Waals surface area contributed by atoms with Crippen LogP contribution in [0.1, 0.15) is 12.8 Å². The summed E-state index contributed by atoms with van der Waals surface area (Å²) in [6, 6.07) is -2.55. The third kappa shape index (κ3) is 5.24. The van der Waals surface area contributed by atoms with E-state index < -0.39 is 61.2 Å². The molecule has 3 aliphatic rings. The minimum absolute atomic E-state index is 0.00216. The minimum atomic E-state index is -1.31. The Hall–Kier alpha value is -1.36. The molecule has 0 aromatic heterocycles. The van der Waals surface area contributed by atoms with Gasteiger partial charge >= 0.3 is 0 Å². The number of aliphatic hydroxyl groups excluding tert-OH is 3. The molecular weight excluding hydrogens is 426 g/mol. The van der Waals surface area contributed by atoms with E-state index in [0.717, 1.165) is 6.26 Å². The van der Waals surface area contributed by atoms with E-state index in [1.807, 2.05) is 0 Å². The number of likely N-dealkylation sites (N-methyl/N-ethyl adjacent to an activating group) is 1. The summed E-state index contributed by atoms with van der Waals surface area (Å²) >= 11 is 0. The van der Waals surface area contributed by atoms with E-state index in [9.17, 15) is 20.5 Å². The number of nitrogens with one attached hydrogen (secondary N) is 2. The van der Waals surface area contributed by atoms with Crippen molar-refractivity contribution in [2.24, 2.45) is 17.2 Å². The highest BCUT2D eigenvalue weighted by Gasteiger charge is 2.49. The van der Waals surface area contributed by atoms with Crippen LogP contribution in [0.2, 0.25) is 0 Å². The molecule has 0 aromatic rings. The molecule has 2 fully saturated rings. The van der Waals surface area contributed by atoms with E-state index in [1.54, 1.807) is 13.1 Å². The van der Waals surface area contributed by atoms with Crippen LogP contribution >= 0.6 is 0 Å². The maximum atomic E-state index is 11.1. The van der Waals surface area contributed by atoms with Crippen LogP contribution in [0.25, 0.3) is 0 Å². The van der Waals surface area contributed by atoms with Gasteiger partial charge in [0.1, 0.15) is 30.2 Å². The van der Waals surface area contributed by atoms with Gasteiger partial charge in [0.2, 0.25) is 6.29 Å². The van der Waals surface area contributed by atoms with Crippen molar-refractivity contribution in [3.63, 3.8) is 0 Å². The molecule has 13 heteroatoms. The van der Waals surface area contributed by atoms with Crippen LogP contribution < -0.4 is 28.0 Å². The predicted octanol–water partition coefficient (Wildman–Crippen LogP) is -3.14. The maximum absolute atomic E-state index is 11.1. The molecule has 1 saturated carbocycles. The Morgan fingerprint density at radius 2 is 1.88 bits per heavy atom. The third-order valence-corrected chi connectivity index (χ3v) is 6.11. The van der Waals surface area contributed by atoms with Crippen molar-refractivity contribution in [2.45, 2.75) is 74.0 Å². The molecule has 0 radical (unpaired) electrons. The summed E-state index contributed by atoms with van der Waals surface area (Å²) in [6.45, 7) is 0.185. The van der Waals surface area contributed by atoms with Crippen molar-refractivity contribution in [2.75, 3.05) is 20.2 Å². The number of ether oxygens (including phenoxy) is 4. The van der Waals surface area contributed by atoms with E-state index in [2.05, 4.69) is 10.8 Å². The summed E-state index contributed by atoms with van der Waals surface area (Å²) in [7, 11) is 1.62. The summed E-state index contributed by atoms with van der Waals surface area (Å²) in [4.78, 5) is 0. The molecule has 10 atom stereocenters. The lowest BCUT2D eigenvalue weighted by molar-refractivity contribution is -0.279. The fourth-order valence-corrected chi connectivity index (χ4v) is 4.29. The van der Waals surface area contributed by atoms with Gasteiger partial charge in [-0.25, -0.2) is 0 Å². The molecule has 1 aliphatic carbocycles. The van der Waals surface area contributed by atoms with E-state index >= 15 is 0 Å². The fourth-order valence-electron chi connectivity index (χ4n) is 4.29. The van der Waals surface area contributed by atoms with E-state index in [0.29, 0.717) is 17.8 Å².